The van der Waals surface area contributed by atoms with Gasteiger partial charge in [0.15, 0.2) is 0 Å². The predicted molar refractivity (Wildman–Crippen MR) is 107 cm³/mol. The van der Waals surface area contributed by atoms with Crippen molar-refractivity contribution < 1.29 is 22.7 Å². The quantitative estimate of drug-likeness (QED) is 0.658. The summed E-state index contributed by atoms with van der Waals surface area (Å²) in [6, 6.07) is 7.73. The van der Waals surface area contributed by atoms with E-state index in [2.05, 4.69) is 4.72 Å². The maximum Gasteiger partial charge on any atom is 0.422 e. The molecular weight excluding hydrogens is 382 g/mol. The lowest BCUT2D eigenvalue weighted by atomic mass is 9.68. The zero-order chi connectivity index (χ0) is 21.0. The second kappa shape index (κ2) is 8.67. The van der Waals surface area contributed by atoms with Crippen LogP contribution < -0.4 is 19.9 Å². The summed E-state index contributed by atoms with van der Waals surface area (Å²) in [7, 11) is -2.47. The molecule has 0 unspecified atom stereocenters. The number of ether oxygens (including phenoxy) is 2. The lowest BCUT2D eigenvalue weighted by Gasteiger charge is -2.40. The molecule has 1 aromatic rings. The number of amides is 1. The lowest BCUT2D eigenvalue weighted by Crippen LogP contribution is -2.49. The van der Waals surface area contributed by atoms with Crippen LogP contribution in [0.2, 0.25) is 0 Å². The number of methoxy groups -OCH3 is 1. The van der Waals surface area contributed by atoms with Crippen molar-refractivity contribution in [2.45, 2.75) is 63.5 Å². The van der Waals surface area contributed by atoms with Gasteiger partial charge in [0.25, 0.3) is 0 Å². The number of hydrogen-bond acceptors (Lipinski definition) is 6. The molecule has 0 bridgehead atoms. The molecule has 1 fully saturated rings. The Kier molecular flexibility index (Phi) is 6.95. The van der Waals surface area contributed by atoms with E-state index < -0.39 is 27.3 Å². The molecule has 0 spiro atoms. The molecule has 0 saturated heterocycles. The summed E-state index contributed by atoms with van der Waals surface area (Å²) in [6.45, 7) is 5.13. The van der Waals surface area contributed by atoms with Crippen molar-refractivity contribution in [2.24, 2.45) is 5.73 Å². The minimum Gasteiger partial charge on any atom is -0.497 e. The van der Waals surface area contributed by atoms with Crippen LogP contribution in [0.1, 0.15) is 52.0 Å². The highest BCUT2D eigenvalue weighted by Crippen LogP contribution is 2.39. The summed E-state index contributed by atoms with van der Waals surface area (Å²) >= 11 is 0. The zero-order valence-corrected chi connectivity index (χ0v) is 17.8. The van der Waals surface area contributed by atoms with Gasteiger partial charge in [-0.2, -0.15) is 13.1 Å². The number of carbonyl (C=O) groups is 1. The van der Waals surface area contributed by atoms with Crippen molar-refractivity contribution >= 4 is 16.3 Å². The zero-order valence-electron chi connectivity index (χ0n) is 16.9. The fourth-order valence-electron chi connectivity index (χ4n) is 3.39. The van der Waals surface area contributed by atoms with Crippen molar-refractivity contribution in [3.05, 3.63) is 29.8 Å². The average Bonchev–Trinajstić information content (AvgIpc) is 2.59. The molecule has 0 heterocycles. The number of benzene rings is 1. The summed E-state index contributed by atoms with van der Waals surface area (Å²) in [6.07, 6.45) is 2.03. The van der Waals surface area contributed by atoms with Gasteiger partial charge in [-0.25, -0.2) is 9.52 Å². The predicted octanol–water partition coefficient (Wildman–Crippen LogP) is 2.19. The van der Waals surface area contributed by atoms with Crippen LogP contribution in [0.3, 0.4) is 0 Å². The molecule has 1 aromatic carbocycles. The fraction of sp³-hybridized carbons (Fsp3) is 0.632. The normalized spacial score (nSPS) is 23.1. The molecule has 1 aliphatic carbocycles. The molecule has 9 heteroatoms. The van der Waals surface area contributed by atoms with Gasteiger partial charge in [-0.1, -0.05) is 12.1 Å². The van der Waals surface area contributed by atoms with E-state index >= 15 is 0 Å². The third-order valence-corrected chi connectivity index (χ3v) is 5.85. The Bertz CT molecular complexity index is 781. The Morgan fingerprint density at radius 3 is 2.50 bits per heavy atom. The molecule has 0 aromatic heterocycles. The minimum absolute atomic E-state index is 0.107. The van der Waals surface area contributed by atoms with Crippen LogP contribution in [0.5, 0.6) is 5.75 Å². The maximum atomic E-state index is 12.4. The smallest absolute Gasteiger partial charge is 0.422 e. The molecule has 28 heavy (non-hydrogen) atoms. The second-order valence-electron chi connectivity index (χ2n) is 8.28. The lowest BCUT2D eigenvalue weighted by molar-refractivity contribution is 0.0569. The van der Waals surface area contributed by atoms with Crippen molar-refractivity contribution in [1.82, 2.24) is 9.44 Å². The molecule has 1 saturated carbocycles. The van der Waals surface area contributed by atoms with E-state index in [9.17, 15) is 13.2 Å². The van der Waals surface area contributed by atoms with Crippen LogP contribution in [0.4, 0.5) is 4.79 Å². The molecular formula is C19H31N3O5S. The Labute approximate surface area is 167 Å². The largest absolute Gasteiger partial charge is 0.497 e. The number of nitrogens with one attached hydrogen (secondary N) is 2. The van der Waals surface area contributed by atoms with Crippen LogP contribution >= 0.6 is 0 Å². The van der Waals surface area contributed by atoms with Crippen LogP contribution in [0.25, 0.3) is 0 Å². The van der Waals surface area contributed by atoms with Crippen LogP contribution in [-0.2, 0) is 20.4 Å². The second-order valence-corrected chi connectivity index (χ2v) is 9.78. The summed E-state index contributed by atoms with van der Waals surface area (Å²) in [4.78, 5) is 11.8. The standard InChI is InChI=1S/C19H31N3O5S/c1-18(2,3)27-17(23)22-28(24,25)21-13-19(10-8-15(20)9-11-19)14-6-5-7-16(12-14)26-4/h5-7,12,15,21H,8-11,13,20H2,1-4H3,(H,22,23). The molecule has 158 valence electrons. The number of rotatable bonds is 6. The molecule has 4 N–H and O–H groups in total. The molecule has 8 nitrogen and oxygen atoms in total. The third-order valence-electron chi connectivity index (χ3n) is 4.89. The van der Waals surface area contributed by atoms with Gasteiger partial charge in [-0.3, -0.25) is 0 Å². The molecule has 1 amide bonds. The first kappa shape index (κ1) is 22.4. The molecule has 1 aliphatic rings. The first-order valence-electron chi connectivity index (χ1n) is 9.35. The maximum absolute atomic E-state index is 12.4. The SMILES string of the molecule is COc1cccc(C2(CNS(=O)(=O)NC(=O)OC(C)(C)C)CCC(N)CC2)c1. The monoisotopic (exact) mass is 413 g/mol. The van der Waals surface area contributed by atoms with Gasteiger partial charge >= 0.3 is 16.3 Å². The van der Waals surface area contributed by atoms with Crippen molar-refractivity contribution in [3.8, 4) is 5.75 Å². The van der Waals surface area contributed by atoms with Crippen LogP contribution in [-0.4, -0.2) is 39.8 Å². The Hall–Kier alpha value is -1.84. The van der Waals surface area contributed by atoms with E-state index in [1.807, 2.05) is 29.0 Å². The van der Waals surface area contributed by atoms with E-state index in [4.69, 9.17) is 15.2 Å². The fourth-order valence-corrected chi connectivity index (χ4v) is 4.19. The minimum atomic E-state index is -4.06. The van der Waals surface area contributed by atoms with E-state index in [0.717, 1.165) is 31.2 Å². The van der Waals surface area contributed by atoms with Crippen molar-refractivity contribution in [2.75, 3.05) is 13.7 Å². The first-order chi connectivity index (χ1) is 12.9. The highest BCUT2D eigenvalue weighted by atomic mass is 32.2. The highest BCUT2D eigenvalue weighted by molar-refractivity contribution is 7.88. The van der Waals surface area contributed by atoms with Gasteiger partial charge < -0.3 is 15.2 Å². The van der Waals surface area contributed by atoms with Gasteiger partial charge in [-0.05, 0) is 64.2 Å². The van der Waals surface area contributed by atoms with Gasteiger partial charge in [0, 0.05) is 18.0 Å². The summed E-state index contributed by atoms with van der Waals surface area (Å²) in [5.41, 5.74) is 5.83. The van der Waals surface area contributed by atoms with Crippen LogP contribution in [0.15, 0.2) is 24.3 Å². The number of nitrogens with two attached hydrogens (primary N) is 1. The van der Waals surface area contributed by atoms with E-state index in [-0.39, 0.29) is 12.6 Å². The summed E-state index contributed by atoms with van der Waals surface area (Å²) in [5, 5.41) is 0. The Morgan fingerprint density at radius 2 is 1.93 bits per heavy atom. The highest BCUT2D eigenvalue weighted by Gasteiger charge is 2.37. The molecule has 0 radical (unpaired) electrons. The topological polar surface area (TPSA) is 120 Å². The average molecular weight is 414 g/mol. The van der Waals surface area contributed by atoms with Gasteiger partial charge in [0.05, 0.1) is 7.11 Å². The summed E-state index contributed by atoms with van der Waals surface area (Å²) < 4.78 is 39.5. The summed E-state index contributed by atoms with van der Waals surface area (Å²) in [5.74, 6) is 0.710. The van der Waals surface area contributed by atoms with Gasteiger partial charge in [-0.15, -0.1) is 0 Å². The Balaban J connectivity index is 2.16. The molecule has 0 aliphatic heterocycles. The van der Waals surface area contributed by atoms with Crippen molar-refractivity contribution in [1.29, 1.82) is 0 Å². The first-order valence-corrected chi connectivity index (χ1v) is 10.8. The Morgan fingerprint density at radius 1 is 1.29 bits per heavy atom. The van der Waals surface area contributed by atoms with E-state index in [1.54, 1.807) is 27.9 Å². The van der Waals surface area contributed by atoms with Crippen LogP contribution in [0, 0.1) is 0 Å². The van der Waals surface area contributed by atoms with Gasteiger partial charge in [0.2, 0.25) is 0 Å². The van der Waals surface area contributed by atoms with Gasteiger partial charge in [0.1, 0.15) is 11.4 Å². The number of hydrogen-bond donors (Lipinski definition) is 3. The van der Waals surface area contributed by atoms with E-state index in [0.29, 0.717) is 5.75 Å². The third kappa shape index (κ3) is 6.35. The number of carbonyl (C=O) groups excluding carboxylic acids is 1. The van der Waals surface area contributed by atoms with Crippen molar-refractivity contribution in [3.63, 3.8) is 0 Å². The van der Waals surface area contributed by atoms with E-state index in [1.165, 1.54) is 0 Å². The molecule has 2 rings (SSSR count). The molecule has 0 atom stereocenters.